The van der Waals surface area contributed by atoms with Crippen molar-refractivity contribution < 1.29 is 21.9 Å². The molecule has 21 heavy (non-hydrogen) atoms. The van der Waals surface area contributed by atoms with Crippen LogP contribution in [0.4, 0.5) is 8.78 Å². The number of ether oxygens (including phenoxy) is 1. The molecule has 118 valence electrons. The molecule has 0 spiro atoms. The molecule has 0 aliphatic heterocycles. The van der Waals surface area contributed by atoms with Crippen LogP contribution in [-0.4, -0.2) is 34.7 Å². The first kappa shape index (κ1) is 16.3. The number of hydrogen-bond donors (Lipinski definition) is 2. The zero-order valence-corrected chi connectivity index (χ0v) is 12.6. The minimum atomic E-state index is -4.02. The Balaban J connectivity index is 2.22. The van der Waals surface area contributed by atoms with E-state index in [1.54, 1.807) is 7.11 Å². The van der Waals surface area contributed by atoms with Crippen molar-refractivity contribution in [2.24, 2.45) is 0 Å². The third-order valence-electron chi connectivity index (χ3n) is 3.54. The number of hydrogen-bond acceptors (Lipinski definition) is 4. The summed E-state index contributed by atoms with van der Waals surface area (Å²) >= 11 is 0. The van der Waals surface area contributed by atoms with Crippen LogP contribution in [0, 0.1) is 11.6 Å². The Bertz CT molecular complexity index is 616. The second kappa shape index (κ2) is 6.35. The fraction of sp³-hybridized carbons (Fsp3) is 0.538. The molecular weight excluding hydrogens is 302 g/mol. The molecule has 0 radical (unpaired) electrons. The molecule has 5 nitrogen and oxygen atoms in total. The van der Waals surface area contributed by atoms with Crippen molar-refractivity contribution in [3.05, 3.63) is 29.3 Å². The van der Waals surface area contributed by atoms with Gasteiger partial charge in [-0.3, -0.25) is 0 Å². The third kappa shape index (κ3) is 3.39. The van der Waals surface area contributed by atoms with E-state index in [1.807, 2.05) is 0 Å². The molecule has 0 heterocycles. The van der Waals surface area contributed by atoms with Crippen molar-refractivity contribution in [1.29, 1.82) is 0 Å². The van der Waals surface area contributed by atoms with Crippen LogP contribution in [0.25, 0.3) is 0 Å². The summed E-state index contributed by atoms with van der Waals surface area (Å²) in [5.41, 5.74) is -0.288. The fourth-order valence-electron chi connectivity index (χ4n) is 2.26. The molecule has 0 bridgehead atoms. The Hall–Kier alpha value is -1.09. The molecule has 1 aromatic rings. The normalized spacial score (nSPS) is 22.1. The SMILES string of the molecule is CNCc1c(F)ccc(S(=O)(=O)NC2CC(OC)C2)c1F. The number of sulfonamides is 1. The number of benzene rings is 1. The molecule has 0 aromatic heterocycles. The standard InChI is InChI=1S/C13H18F2N2O3S/c1-16-7-10-11(14)3-4-12(13(10)15)21(18,19)17-8-5-9(6-8)20-2/h3-4,8-9,16-17H,5-7H2,1-2H3. The van der Waals surface area contributed by atoms with Crippen molar-refractivity contribution in [3.63, 3.8) is 0 Å². The summed E-state index contributed by atoms with van der Waals surface area (Å²) in [7, 11) is -0.935. The Labute approximate surface area is 122 Å². The molecule has 1 aromatic carbocycles. The summed E-state index contributed by atoms with van der Waals surface area (Å²) < 4.78 is 59.6. The third-order valence-corrected chi connectivity index (χ3v) is 5.08. The van der Waals surface area contributed by atoms with Gasteiger partial charge in [0.1, 0.15) is 10.7 Å². The van der Waals surface area contributed by atoms with E-state index in [9.17, 15) is 17.2 Å². The van der Waals surface area contributed by atoms with Crippen LogP contribution in [0.3, 0.4) is 0 Å². The largest absolute Gasteiger partial charge is 0.381 e. The Morgan fingerprint density at radius 2 is 2.00 bits per heavy atom. The van der Waals surface area contributed by atoms with Crippen LogP contribution in [0.5, 0.6) is 0 Å². The molecule has 2 rings (SSSR count). The lowest BCUT2D eigenvalue weighted by Crippen LogP contribution is -2.47. The van der Waals surface area contributed by atoms with Crippen LogP contribution in [0.15, 0.2) is 17.0 Å². The van der Waals surface area contributed by atoms with Gasteiger partial charge in [0.25, 0.3) is 0 Å². The lowest BCUT2D eigenvalue weighted by molar-refractivity contribution is 0.0236. The van der Waals surface area contributed by atoms with Crippen molar-refractivity contribution in [3.8, 4) is 0 Å². The molecule has 0 atom stereocenters. The molecule has 2 N–H and O–H groups in total. The number of rotatable bonds is 6. The van der Waals surface area contributed by atoms with Gasteiger partial charge in [0, 0.05) is 25.3 Å². The molecule has 1 fully saturated rings. The van der Waals surface area contributed by atoms with Gasteiger partial charge in [-0.25, -0.2) is 21.9 Å². The van der Waals surface area contributed by atoms with E-state index in [2.05, 4.69) is 10.0 Å². The van der Waals surface area contributed by atoms with Gasteiger partial charge in [0.2, 0.25) is 10.0 Å². The lowest BCUT2D eigenvalue weighted by Gasteiger charge is -2.34. The maximum Gasteiger partial charge on any atom is 0.243 e. The van der Waals surface area contributed by atoms with Crippen molar-refractivity contribution >= 4 is 10.0 Å². The van der Waals surface area contributed by atoms with E-state index in [0.29, 0.717) is 12.8 Å². The van der Waals surface area contributed by atoms with Crippen LogP contribution >= 0.6 is 0 Å². The number of nitrogens with one attached hydrogen (secondary N) is 2. The van der Waals surface area contributed by atoms with Gasteiger partial charge in [-0.15, -0.1) is 0 Å². The van der Waals surface area contributed by atoms with Crippen molar-refractivity contribution in [2.45, 2.75) is 36.4 Å². The van der Waals surface area contributed by atoms with Crippen LogP contribution in [0.1, 0.15) is 18.4 Å². The summed E-state index contributed by atoms with van der Waals surface area (Å²) in [5.74, 6) is -1.83. The number of methoxy groups -OCH3 is 1. The van der Waals surface area contributed by atoms with Crippen LogP contribution in [0.2, 0.25) is 0 Å². The first-order chi connectivity index (χ1) is 9.89. The van der Waals surface area contributed by atoms with E-state index in [4.69, 9.17) is 4.74 Å². The molecule has 1 aliphatic carbocycles. The summed E-state index contributed by atoms with van der Waals surface area (Å²) in [6.45, 7) is -0.0871. The quantitative estimate of drug-likeness (QED) is 0.825. The van der Waals surface area contributed by atoms with Gasteiger partial charge in [0.15, 0.2) is 5.82 Å². The van der Waals surface area contributed by atoms with Gasteiger partial charge < -0.3 is 10.1 Å². The zero-order chi connectivity index (χ0) is 15.6. The summed E-state index contributed by atoms with van der Waals surface area (Å²) in [4.78, 5) is -0.532. The van der Waals surface area contributed by atoms with Gasteiger partial charge >= 0.3 is 0 Å². The smallest absolute Gasteiger partial charge is 0.243 e. The van der Waals surface area contributed by atoms with Crippen molar-refractivity contribution in [1.82, 2.24) is 10.0 Å². The van der Waals surface area contributed by atoms with E-state index in [1.165, 1.54) is 7.05 Å². The molecule has 8 heteroatoms. The van der Waals surface area contributed by atoms with E-state index in [0.717, 1.165) is 12.1 Å². The van der Waals surface area contributed by atoms with Crippen LogP contribution in [-0.2, 0) is 21.3 Å². The Kier molecular flexibility index (Phi) is 4.92. The fourth-order valence-corrected chi connectivity index (χ4v) is 3.62. The highest BCUT2D eigenvalue weighted by atomic mass is 32.2. The van der Waals surface area contributed by atoms with E-state index < -0.39 is 26.6 Å². The van der Waals surface area contributed by atoms with E-state index >= 15 is 0 Å². The summed E-state index contributed by atoms with van der Waals surface area (Å²) in [6.07, 6.45) is 1.11. The first-order valence-electron chi connectivity index (χ1n) is 6.55. The molecule has 0 saturated heterocycles. The van der Waals surface area contributed by atoms with Crippen molar-refractivity contribution in [2.75, 3.05) is 14.2 Å². The highest BCUT2D eigenvalue weighted by molar-refractivity contribution is 7.89. The maximum absolute atomic E-state index is 14.2. The average Bonchev–Trinajstić information content (AvgIpc) is 2.37. The average molecular weight is 320 g/mol. The molecule has 1 aliphatic rings. The highest BCUT2D eigenvalue weighted by Gasteiger charge is 2.34. The molecule has 0 unspecified atom stereocenters. The first-order valence-corrected chi connectivity index (χ1v) is 8.04. The monoisotopic (exact) mass is 320 g/mol. The molecular formula is C13H18F2N2O3S. The summed E-state index contributed by atoms with van der Waals surface area (Å²) in [5, 5.41) is 2.61. The van der Waals surface area contributed by atoms with Gasteiger partial charge in [-0.1, -0.05) is 0 Å². The summed E-state index contributed by atoms with van der Waals surface area (Å²) in [6, 6.07) is 1.62. The predicted molar refractivity (Wildman–Crippen MR) is 73.3 cm³/mol. The number of halogens is 2. The van der Waals surface area contributed by atoms with Gasteiger partial charge in [-0.05, 0) is 32.0 Å². The molecule has 1 saturated carbocycles. The van der Waals surface area contributed by atoms with Crippen LogP contribution < -0.4 is 10.0 Å². The predicted octanol–water partition coefficient (Wildman–Crippen LogP) is 1.14. The highest BCUT2D eigenvalue weighted by Crippen LogP contribution is 2.26. The maximum atomic E-state index is 14.2. The lowest BCUT2D eigenvalue weighted by atomic mass is 9.90. The second-order valence-electron chi connectivity index (χ2n) is 5.02. The van der Waals surface area contributed by atoms with Gasteiger partial charge in [0.05, 0.1) is 6.10 Å². The van der Waals surface area contributed by atoms with E-state index in [-0.39, 0.29) is 24.3 Å². The second-order valence-corrected chi connectivity index (χ2v) is 6.70. The minimum Gasteiger partial charge on any atom is -0.381 e. The minimum absolute atomic E-state index is 0.0237. The van der Waals surface area contributed by atoms with Gasteiger partial charge in [-0.2, -0.15) is 0 Å². The Morgan fingerprint density at radius 1 is 1.33 bits per heavy atom. The molecule has 0 amide bonds. The zero-order valence-electron chi connectivity index (χ0n) is 11.8. The topological polar surface area (TPSA) is 67.4 Å². The Morgan fingerprint density at radius 3 is 2.57 bits per heavy atom.